The van der Waals surface area contributed by atoms with Crippen LogP contribution >= 0.6 is 46.1 Å². The number of aromatic nitrogens is 1. The third-order valence-electron chi connectivity index (χ3n) is 7.26. The van der Waals surface area contributed by atoms with Gasteiger partial charge in [-0.05, 0) is 55.8 Å². The van der Waals surface area contributed by atoms with Crippen molar-refractivity contribution in [1.29, 1.82) is 0 Å². The molecule has 210 valence electrons. The molecule has 2 aliphatic heterocycles. The first-order valence-electron chi connectivity index (χ1n) is 12.6. The van der Waals surface area contributed by atoms with Gasteiger partial charge in [0.05, 0.1) is 27.7 Å². The van der Waals surface area contributed by atoms with E-state index in [1.54, 1.807) is 42.9 Å². The Labute approximate surface area is 254 Å². The van der Waals surface area contributed by atoms with Crippen molar-refractivity contribution < 1.29 is 19.0 Å². The number of ketones is 1. The Morgan fingerprint density at radius 2 is 1.88 bits per heavy atom. The largest absolute Gasteiger partial charge is 0.496 e. The molecule has 7 nitrogen and oxygen atoms in total. The molecule has 0 spiro atoms. The van der Waals surface area contributed by atoms with E-state index in [-0.39, 0.29) is 17.9 Å². The smallest absolute Gasteiger partial charge is 0.270 e. The number of carbonyl (C=O) groups is 1. The van der Waals surface area contributed by atoms with Crippen molar-refractivity contribution in [3.05, 3.63) is 106 Å². The van der Waals surface area contributed by atoms with E-state index >= 15 is 0 Å². The molecular weight excluding hydrogens is 607 g/mol. The minimum Gasteiger partial charge on any atom is -0.496 e. The minimum absolute atomic E-state index is 0.0919. The minimum atomic E-state index is -1.12. The topological polar surface area (TPSA) is 79.1 Å². The molecule has 0 N–H and O–H groups in total. The number of methoxy groups -OCH3 is 1. The van der Waals surface area contributed by atoms with Crippen molar-refractivity contribution in [3.63, 3.8) is 0 Å². The van der Waals surface area contributed by atoms with Crippen LogP contribution in [0.15, 0.2) is 64.4 Å². The normalized spacial score (nSPS) is 20.9. The quantitative estimate of drug-likeness (QED) is 0.269. The third kappa shape index (κ3) is 4.83. The molecule has 2 aliphatic rings. The SMILES string of the molecule is COc1ccc(C=c2sc3n(c2=O)C2c4ccccc4OC(C)(N=3)C2C(C)=O)cc1COc1c(Cl)cc(Cl)cc1Cl. The van der Waals surface area contributed by atoms with E-state index in [1.807, 2.05) is 36.4 Å². The number of nitrogens with zero attached hydrogens (tertiary/aromatic N) is 2. The number of Topliss-reactive ketones (excluding diaryl/α,β-unsaturated/α-hetero) is 1. The van der Waals surface area contributed by atoms with Crippen molar-refractivity contribution in [2.24, 2.45) is 10.9 Å². The summed E-state index contributed by atoms with van der Waals surface area (Å²) in [5.74, 6) is 0.797. The zero-order valence-electron chi connectivity index (χ0n) is 22.1. The second-order valence-electron chi connectivity index (χ2n) is 9.97. The van der Waals surface area contributed by atoms with Gasteiger partial charge in [-0.3, -0.25) is 14.2 Å². The van der Waals surface area contributed by atoms with Gasteiger partial charge in [0.2, 0.25) is 5.72 Å². The van der Waals surface area contributed by atoms with Crippen LogP contribution in [0.2, 0.25) is 15.1 Å². The molecular formula is C30H23Cl3N2O5S. The molecule has 0 fully saturated rings. The monoisotopic (exact) mass is 628 g/mol. The van der Waals surface area contributed by atoms with Gasteiger partial charge < -0.3 is 14.2 Å². The predicted octanol–water partition coefficient (Wildman–Crippen LogP) is 5.82. The van der Waals surface area contributed by atoms with Crippen molar-refractivity contribution in [3.8, 4) is 17.2 Å². The van der Waals surface area contributed by atoms with Crippen LogP contribution in [-0.2, 0) is 11.4 Å². The summed E-state index contributed by atoms with van der Waals surface area (Å²) in [6.45, 7) is 3.42. The first-order chi connectivity index (χ1) is 19.6. The molecule has 4 aromatic rings. The molecule has 41 heavy (non-hydrogen) atoms. The summed E-state index contributed by atoms with van der Waals surface area (Å²) in [5.41, 5.74) is 0.918. The molecule has 11 heteroatoms. The Bertz CT molecular complexity index is 1880. The maximum absolute atomic E-state index is 13.9. The van der Waals surface area contributed by atoms with Crippen LogP contribution in [0, 0.1) is 5.92 Å². The van der Waals surface area contributed by atoms with Gasteiger partial charge in [0.25, 0.3) is 5.56 Å². The summed E-state index contributed by atoms with van der Waals surface area (Å²) < 4.78 is 19.8. The van der Waals surface area contributed by atoms with E-state index in [9.17, 15) is 9.59 Å². The van der Waals surface area contributed by atoms with Gasteiger partial charge >= 0.3 is 0 Å². The van der Waals surface area contributed by atoms with E-state index in [0.717, 1.165) is 16.7 Å². The summed E-state index contributed by atoms with van der Waals surface area (Å²) in [6.07, 6.45) is 1.79. The van der Waals surface area contributed by atoms with E-state index in [1.165, 1.54) is 18.3 Å². The lowest BCUT2D eigenvalue weighted by molar-refractivity contribution is -0.132. The number of fused-ring (bicyclic) bond motifs is 6. The molecule has 3 atom stereocenters. The van der Waals surface area contributed by atoms with Gasteiger partial charge in [-0.2, -0.15) is 0 Å². The number of thiazole rings is 1. The molecule has 0 amide bonds. The summed E-state index contributed by atoms with van der Waals surface area (Å²) >= 11 is 19.8. The average molecular weight is 630 g/mol. The number of rotatable bonds is 6. The Hall–Kier alpha value is -3.30. The average Bonchev–Trinajstić information content (AvgIpc) is 3.20. The lowest BCUT2D eigenvalue weighted by Gasteiger charge is -2.45. The molecule has 0 aliphatic carbocycles. The Kier molecular flexibility index (Phi) is 7.14. The van der Waals surface area contributed by atoms with Crippen LogP contribution in [0.1, 0.15) is 36.6 Å². The number of para-hydroxylation sites is 1. The van der Waals surface area contributed by atoms with Crippen molar-refractivity contribution in [2.45, 2.75) is 32.2 Å². The second kappa shape index (κ2) is 10.5. The van der Waals surface area contributed by atoms with Crippen molar-refractivity contribution in [2.75, 3.05) is 7.11 Å². The fourth-order valence-electron chi connectivity index (χ4n) is 5.53. The number of benzene rings is 3. The molecule has 0 saturated carbocycles. The zero-order valence-corrected chi connectivity index (χ0v) is 25.2. The fraction of sp³-hybridized carbons (Fsp3) is 0.233. The highest BCUT2D eigenvalue weighted by Gasteiger charge is 2.53. The first kappa shape index (κ1) is 27.8. The number of halogens is 3. The zero-order chi connectivity index (χ0) is 29.1. The van der Waals surface area contributed by atoms with Gasteiger partial charge in [-0.15, -0.1) is 0 Å². The lowest BCUT2D eigenvalue weighted by atomic mass is 9.79. The summed E-state index contributed by atoms with van der Waals surface area (Å²) in [7, 11) is 1.57. The summed E-state index contributed by atoms with van der Waals surface area (Å²) in [4.78, 5) is 32.0. The predicted molar refractivity (Wildman–Crippen MR) is 160 cm³/mol. The van der Waals surface area contributed by atoms with Crippen LogP contribution < -0.4 is 29.1 Å². The highest BCUT2D eigenvalue weighted by molar-refractivity contribution is 7.07. The van der Waals surface area contributed by atoms with Crippen LogP contribution in [0.4, 0.5) is 0 Å². The van der Waals surface area contributed by atoms with Gasteiger partial charge in [0, 0.05) is 16.1 Å². The molecule has 6 rings (SSSR count). The third-order valence-corrected chi connectivity index (χ3v) is 9.02. The van der Waals surface area contributed by atoms with E-state index in [4.69, 9.17) is 54.0 Å². The van der Waals surface area contributed by atoms with E-state index < -0.39 is 17.7 Å². The van der Waals surface area contributed by atoms with Crippen LogP contribution in [0.25, 0.3) is 6.08 Å². The molecule has 3 unspecified atom stereocenters. The number of ether oxygens (including phenoxy) is 3. The Balaban J connectivity index is 1.42. The molecule has 0 saturated heterocycles. The van der Waals surface area contributed by atoms with Gasteiger partial charge in [-0.1, -0.05) is 70.4 Å². The Morgan fingerprint density at radius 1 is 1.15 bits per heavy atom. The van der Waals surface area contributed by atoms with Crippen LogP contribution in [0.3, 0.4) is 0 Å². The number of carbonyl (C=O) groups excluding carboxylic acids is 1. The van der Waals surface area contributed by atoms with E-state index in [2.05, 4.69) is 0 Å². The highest BCUT2D eigenvalue weighted by Crippen LogP contribution is 2.47. The second-order valence-corrected chi connectivity index (χ2v) is 12.2. The maximum Gasteiger partial charge on any atom is 0.270 e. The summed E-state index contributed by atoms with van der Waals surface area (Å²) in [6, 6.07) is 15.6. The maximum atomic E-state index is 13.9. The lowest BCUT2D eigenvalue weighted by Crippen LogP contribution is -2.58. The number of hydrogen-bond acceptors (Lipinski definition) is 7. The van der Waals surface area contributed by atoms with Gasteiger partial charge in [-0.25, -0.2) is 4.99 Å². The molecule has 2 bridgehead atoms. The molecule has 0 radical (unpaired) electrons. The van der Waals surface area contributed by atoms with Gasteiger partial charge in [0.15, 0.2) is 10.6 Å². The molecule has 3 heterocycles. The van der Waals surface area contributed by atoms with Crippen molar-refractivity contribution in [1.82, 2.24) is 4.57 Å². The summed E-state index contributed by atoms with van der Waals surface area (Å²) in [5, 5.41) is 0.984. The molecule has 3 aromatic carbocycles. The van der Waals surface area contributed by atoms with Crippen LogP contribution in [0.5, 0.6) is 17.2 Å². The first-order valence-corrected chi connectivity index (χ1v) is 14.6. The van der Waals surface area contributed by atoms with Crippen molar-refractivity contribution >= 4 is 58.0 Å². The Morgan fingerprint density at radius 3 is 2.59 bits per heavy atom. The van der Waals surface area contributed by atoms with E-state index in [0.29, 0.717) is 41.7 Å². The van der Waals surface area contributed by atoms with Gasteiger partial charge in [0.1, 0.15) is 29.8 Å². The molecule has 1 aromatic heterocycles. The standard InChI is InChI=1S/C30H23Cl3N2O5S/c1-15(36)25-26-19-6-4-5-7-23(19)40-30(25,2)34-29-35(26)28(37)24(41-29)11-16-8-9-22(38-3)17(10-16)14-39-27-20(32)12-18(31)13-21(27)33/h4-13,25-26H,14H2,1-3H3. The highest BCUT2D eigenvalue weighted by atomic mass is 35.5. The van der Waals surface area contributed by atoms with Crippen LogP contribution in [-0.4, -0.2) is 23.2 Å². The number of hydrogen-bond donors (Lipinski definition) is 0. The fourth-order valence-corrected chi connectivity index (χ4v) is 7.55.